The van der Waals surface area contributed by atoms with Gasteiger partial charge in [0, 0.05) is 127 Å². The minimum Gasteiger partial charge on any atom is -0.481 e. The fraction of sp³-hybridized carbons (Fsp3) is 0.523. The van der Waals surface area contributed by atoms with Crippen LogP contribution in [-0.2, 0) is 106 Å². The molecule has 4 bridgehead atoms. The molecule has 5 heterocycles. The van der Waals surface area contributed by atoms with Gasteiger partial charge in [0.15, 0.2) is 17.5 Å². The Bertz CT molecular complexity index is 4920. The van der Waals surface area contributed by atoms with Gasteiger partial charge < -0.3 is 116 Å². The zero-order chi connectivity index (χ0) is 95.7. The molecule has 3 aliphatic rings. The van der Waals surface area contributed by atoms with Crippen molar-refractivity contribution in [2.24, 2.45) is 35.0 Å². The molecule has 3 aliphatic heterocycles. The SMILES string of the molecule is CC(C)C[C@H]1NC(=O)[C@@H](Cc2c[nH]c3ccccc23)NC(=O)[C@H]([C@@H](C)O)NC(=O)[C@@H](NC(=O)[C@H](C)N)CSCCC(=O)N2CN3CCCSC[C@@H](C(=O)C[C@@H](C)C(N)=O)NC(=O)[C@H](Cc4ccccc4)NC(=O)CNC(=O)[C@H](CCCNC(=N)N)NC(=O)[C@H](Cc4c[nH]c5ccccc45)NC(=O)[C@H](CSCCC(=O)N(C3)C2)CC(=O)[C@H](CC(=O)O)NC(=O)[C@H](CC(=O)O)NC1=O. The molecular formula is C86H119N21O21S3. The van der Waals surface area contributed by atoms with E-state index in [1.807, 2.05) is 0 Å². The number of nitrogens with one attached hydrogen (secondary N) is 15. The third-order valence-corrected chi connectivity index (χ3v) is 25.2. The number of aliphatic carboxylic acids is 2. The van der Waals surface area contributed by atoms with Gasteiger partial charge >= 0.3 is 11.9 Å². The Hall–Kier alpha value is -12.2. The Labute approximate surface area is 768 Å². The first-order chi connectivity index (χ1) is 62.3. The van der Waals surface area contributed by atoms with Crippen molar-refractivity contribution in [1.29, 1.82) is 5.41 Å². The van der Waals surface area contributed by atoms with Crippen LogP contribution in [0.15, 0.2) is 91.3 Å². The summed E-state index contributed by atoms with van der Waals surface area (Å²) >= 11 is 3.21. The van der Waals surface area contributed by atoms with E-state index < -0.39 is 234 Å². The van der Waals surface area contributed by atoms with Crippen LogP contribution in [0.5, 0.6) is 0 Å². The number of H-pyrrole nitrogens is 2. The van der Waals surface area contributed by atoms with Crippen LogP contribution in [0.25, 0.3) is 21.8 Å². The lowest BCUT2D eigenvalue weighted by molar-refractivity contribution is -0.151. The van der Waals surface area contributed by atoms with Gasteiger partial charge in [-0.3, -0.25) is 96.6 Å². The van der Waals surface area contributed by atoms with Gasteiger partial charge in [0.05, 0.1) is 69.5 Å². The average Bonchev–Trinajstić information content (AvgIpc) is 1.41. The molecule has 3 saturated heterocycles. The fourth-order valence-corrected chi connectivity index (χ4v) is 17.7. The summed E-state index contributed by atoms with van der Waals surface area (Å²) in [6, 6.07) is 4.02. The standard InChI is InChI=1S/C86H119N21O21S3/c1-46(2)29-60-79(122)100-64(36-73(116)117)83(126)97-59(35-72(114)115)68(110)34-53-40-130-27-22-70(112)106-43-105(44-107(45-106)71(113)23-28-131-42-66(103-76(119)48(4)87)84(127)104-74(49(5)108)85(128)101-63(82(125)99-60)33-52-38-93-57-20-12-10-18-55(52)57)25-14-26-129-41-65(67(109)30-47(3)75(88)118)102-80(123)61(31-50-15-7-6-8-16-50)95-69(111)39-94-78(121)58(21-13-24-91-86(89)90)96-81(124)62(98-77(53)120)32-51-37-92-56-19-11-9-17-54(51)56/h6-12,15-20,37-38,46-49,53,58-66,74,92-93,108H,13-14,21-36,39-45,87H2,1-5H3,(H2,88,118)(H,94,121)(H,95,111)(H,96,124)(H,97,126)(H,98,120)(H,99,125)(H,100,122)(H,101,128)(H,102,123)(H,103,119)(H,104,127)(H,114,115)(H,116,117)(H4,89,90,91)/t47-,48+,49-,53+,58+,59+,60-,61+,62+,63-,64+,65+,66+,74+/m1/s1. The molecule has 14 amide bonds. The molecule has 131 heavy (non-hydrogen) atoms. The van der Waals surface area contributed by atoms with Crippen LogP contribution >= 0.6 is 35.3 Å². The number of amides is 14. The first kappa shape index (κ1) is 104. The molecule has 24 N–H and O–H groups in total. The number of carbonyl (C=O) groups excluding carboxylic acids is 16. The summed E-state index contributed by atoms with van der Waals surface area (Å²) in [5, 5.41) is 71.9. The molecule has 3 fully saturated rings. The van der Waals surface area contributed by atoms with E-state index >= 15 is 19.2 Å². The Morgan fingerprint density at radius 2 is 1.06 bits per heavy atom. The molecule has 0 aliphatic carbocycles. The fourth-order valence-electron chi connectivity index (χ4n) is 14.7. The largest absolute Gasteiger partial charge is 0.481 e. The van der Waals surface area contributed by atoms with Crippen LogP contribution < -0.4 is 81.0 Å². The normalized spacial score (nSPS) is 24.4. The molecule has 3 aromatic carbocycles. The van der Waals surface area contributed by atoms with Crippen LogP contribution in [0.3, 0.4) is 0 Å². The number of carbonyl (C=O) groups is 18. The van der Waals surface area contributed by atoms with Crippen LogP contribution in [0.2, 0.25) is 0 Å². The summed E-state index contributed by atoms with van der Waals surface area (Å²) in [5.41, 5.74) is 19.8. The first-order valence-corrected chi connectivity index (χ1v) is 46.5. The molecule has 712 valence electrons. The number of primary amides is 1. The van der Waals surface area contributed by atoms with Crippen LogP contribution in [0, 0.1) is 23.2 Å². The number of hydrogen-bond acceptors (Lipinski definition) is 25. The van der Waals surface area contributed by atoms with E-state index in [9.17, 15) is 82.4 Å². The quantitative estimate of drug-likeness (QED) is 0.0183. The number of rotatable bonds is 23. The second-order valence-corrected chi connectivity index (χ2v) is 36.5. The Kier molecular flexibility index (Phi) is 40.9. The van der Waals surface area contributed by atoms with E-state index in [0.717, 1.165) is 30.4 Å². The van der Waals surface area contributed by atoms with Gasteiger partial charge in [-0.15, -0.1) is 0 Å². The summed E-state index contributed by atoms with van der Waals surface area (Å²) in [7, 11) is 0. The average molecular weight is 1880 g/mol. The van der Waals surface area contributed by atoms with Crippen molar-refractivity contribution < 1.29 is 102 Å². The first-order valence-electron chi connectivity index (χ1n) is 43.1. The molecule has 42 nitrogen and oxygen atoms in total. The van der Waals surface area contributed by atoms with E-state index in [-0.39, 0.29) is 120 Å². The number of fused-ring (bicyclic) bond motifs is 9. The van der Waals surface area contributed by atoms with Gasteiger partial charge in [0.2, 0.25) is 82.7 Å². The number of Topliss-reactive ketones (excluding diaryl/α,β-unsaturated/α-hetero) is 2. The summed E-state index contributed by atoms with van der Waals surface area (Å²) < 4.78 is 0. The van der Waals surface area contributed by atoms with Gasteiger partial charge in [0.25, 0.3) is 0 Å². The number of benzene rings is 3. The van der Waals surface area contributed by atoms with Crippen molar-refractivity contribution >= 4 is 169 Å². The van der Waals surface area contributed by atoms with Gasteiger partial charge in [-0.2, -0.15) is 35.3 Å². The maximum absolute atomic E-state index is 15.6. The van der Waals surface area contributed by atoms with Crippen molar-refractivity contribution in [3.05, 3.63) is 108 Å². The second kappa shape index (κ2) is 51.4. The molecule has 8 rings (SSSR count). The summed E-state index contributed by atoms with van der Waals surface area (Å²) in [4.78, 5) is 270. The molecule has 0 spiro atoms. The van der Waals surface area contributed by atoms with E-state index in [0.29, 0.717) is 44.9 Å². The predicted octanol–water partition coefficient (Wildman–Crippen LogP) is -2.47. The number of carboxylic acids is 2. The molecule has 1 unspecified atom stereocenters. The Morgan fingerprint density at radius 1 is 0.550 bits per heavy atom. The molecular weight excluding hydrogens is 1760 g/mol. The predicted molar refractivity (Wildman–Crippen MR) is 487 cm³/mol. The number of nitrogens with zero attached hydrogens (tertiary/aromatic N) is 3. The van der Waals surface area contributed by atoms with Crippen LogP contribution in [0.4, 0.5) is 0 Å². The topological polar surface area (TPSA) is 656 Å². The lowest BCUT2D eigenvalue weighted by Gasteiger charge is -2.42. The number of aliphatic hydroxyl groups is 1. The third kappa shape index (κ3) is 33.3. The van der Waals surface area contributed by atoms with Crippen molar-refractivity contribution in [1.82, 2.24) is 88.5 Å². The van der Waals surface area contributed by atoms with Gasteiger partial charge in [-0.25, -0.2) is 0 Å². The minimum atomic E-state index is -2.16. The number of carboxylic acid groups (broad SMARTS) is 2. The maximum Gasteiger partial charge on any atom is 0.305 e. The Morgan fingerprint density at radius 3 is 1.63 bits per heavy atom. The van der Waals surface area contributed by atoms with Gasteiger partial charge in [-0.1, -0.05) is 87.5 Å². The van der Waals surface area contributed by atoms with Gasteiger partial charge in [-0.05, 0) is 80.0 Å². The third-order valence-electron chi connectivity index (χ3n) is 21.9. The highest BCUT2D eigenvalue weighted by molar-refractivity contribution is 7.99. The number of nitrogens with two attached hydrogens (primary N) is 3. The maximum atomic E-state index is 15.6. The summed E-state index contributed by atoms with van der Waals surface area (Å²) in [5.74, 6) is -22.6. The number of ketones is 2. The minimum absolute atomic E-state index is 0.0234. The number of aromatic amines is 2. The van der Waals surface area contributed by atoms with Crippen molar-refractivity contribution in [2.45, 2.75) is 191 Å². The van der Waals surface area contributed by atoms with E-state index in [1.165, 1.54) is 35.4 Å². The summed E-state index contributed by atoms with van der Waals surface area (Å²) in [6.07, 6.45) is -3.94. The van der Waals surface area contributed by atoms with Crippen LogP contribution in [0.1, 0.15) is 116 Å². The highest BCUT2D eigenvalue weighted by Gasteiger charge is 2.41. The Balaban J connectivity index is 1.23. The zero-order valence-electron chi connectivity index (χ0n) is 73.5. The van der Waals surface area contributed by atoms with Crippen molar-refractivity contribution in [3.63, 3.8) is 0 Å². The second-order valence-electron chi connectivity index (χ2n) is 33.1. The molecule has 5 aromatic rings. The molecule has 0 saturated carbocycles. The van der Waals surface area contributed by atoms with E-state index in [4.69, 9.17) is 22.6 Å². The van der Waals surface area contributed by atoms with Crippen LogP contribution in [-0.4, -0.2) is 299 Å². The molecule has 2 aromatic heterocycles. The number of thioether (sulfide) groups is 3. The number of aliphatic hydroxyl groups excluding tert-OH is 1. The lowest BCUT2D eigenvalue weighted by atomic mass is 9.96. The monoisotopic (exact) mass is 1880 g/mol. The highest BCUT2D eigenvalue weighted by Crippen LogP contribution is 2.26. The molecule has 45 heteroatoms. The van der Waals surface area contributed by atoms with E-state index in [1.54, 1.807) is 110 Å². The highest BCUT2D eigenvalue weighted by atomic mass is 32.2. The smallest absolute Gasteiger partial charge is 0.305 e. The number of para-hydroxylation sites is 2. The van der Waals surface area contributed by atoms with E-state index in [2.05, 4.69) is 73.8 Å². The van der Waals surface area contributed by atoms with Crippen molar-refractivity contribution in [2.75, 3.05) is 74.2 Å². The molecule has 0 radical (unpaired) electrons. The number of guanidine groups is 1. The summed E-state index contributed by atoms with van der Waals surface area (Å²) in [6.45, 7) is 6.17. The van der Waals surface area contributed by atoms with Gasteiger partial charge in [0.1, 0.15) is 48.3 Å². The van der Waals surface area contributed by atoms with Crippen molar-refractivity contribution in [3.8, 4) is 0 Å². The molecule has 15 atom stereocenters. The number of hydrogen-bond donors (Lipinski definition) is 21. The zero-order valence-corrected chi connectivity index (χ0v) is 75.9. The number of aromatic nitrogens is 2. The lowest BCUT2D eigenvalue weighted by Crippen LogP contribution is -2.62.